The van der Waals surface area contributed by atoms with Crippen molar-refractivity contribution in [1.82, 2.24) is 14.8 Å². The van der Waals surface area contributed by atoms with Crippen LogP contribution in [0.25, 0.3) is 11.4 Å². The summed E-state index contributed by atoms with van der Waals surface area (Å²) in [5.74, 6) is -1.60. The van der Waals surface area contributed by atoms with Gasteiger partial charge in [0, 0.05) is 7.05 Å². The fraction of sp³-hybridized carbons (Fsp3) is 0.200. The molecule has 0 saturated heterocycles. The molecule has 18 heavy (non-hydrogen) atoms. The Labute approximate surface area is 99.0 Å². The SMILES string of the molecule is Cn1nc(-c2cccc(C(F)(F)F)c2F)nc1N. The molecule has 0 bridgehead atoms. The standard InChI is InChI=1S/C10H8F4N4/c1-18-9(15)16-8(17-18)5-3-2-4-6(7(5)11)10(12,13)14/h2-4H,1H3,(H2,15,16,17). The van der Waals surface area contributed by atoms with E-state index in [4.69, 9.17) is 5.73 Å². The second-order valence-corrected chi connectivity index (χ2v) is 3.58. The molecule has 96 valence electrons. The van der Waals surface area contributed by atoms with Gasteiger partial charge in [-0.3, -0.25) is 0 Å². The zero-order valence-electron chi connectivity index (χ0n) is 9.16. The third-order valence-corrected chi connectivity index (χ3v) is 2.34. The third kappa shape index (κ3) is 2.01. The van der Waals surface area contributed by atoms with Crippen LogP contribution in [0.2, 0.25) is 0 Å². The van der Waals surface area contributed by atoms with Crippen LogP contribution in [-0.4, -0.2) is 14.8 Å². The van der Waals surface area contributed by atoms with Crippen molar-refractivity contribution >= 4 is 5.95 Å². The van der Waals surface area contributed by atoms with Gasteiger partial charge in [0.15, 0.2) is 5.82 Å². The van der Waals surface area contributed by atoms with Gasteiger partial charge in [-0.2, -0.15) is 18.2 Å². The Kier molecular flexibility index (Phi) is 2.72. The Bertz CT molecular complexity index is 569. The molecule has 0 unspecified atom stereocenters. The molecule has 4 nitrogen and oxygen atoms in total. The highest BCUT2D eigenvalue weighted by Gasteiger charge is 2.35. The summed E-state index contributed by atoms with van der Waals surface area (Å²) >= 11 is 0. The highest BCUT2D eigenvalue weighted by Crippen LogP contribution is 2.34. The molecule has 1 aromatic carbocycles. The lowest BCUT2D eigenvalue weighted by atomic mass is 10.1. The molecule has 0 spiro atoms. The molecule has 8 heteroatoms. The first kappa shape index (κ1) is 12.3. The number of hydrogen-bond donors (Lipinski definition) is 1. The summed E-state index contributed by atoms with van der Waals surface area (Å²) in [5.41, 5.74) is 3.71. The van der Waals surface area contributed by atoms with E-state index in [1.807, 2.05) is 0 Å². The van der Waals surface area contributed by atoms with E-state index >= 15 is 0 Å². The third-order valence-electron chi connectivity index (χ3n) is 2.34. The summed E-state index contributed by atoms with van der Waals surface area (Å²) in [4.78, 5) is 3.69. The first-order valence-electron chi connectivity index (χ1n) is 4.83. The first-order valence-corrected chi connectivity index (χ1v) is 4.83. The van der Waals surface area contributed by atoms with Crippen molar-refractivity contribution in [3.8, 4) is 11.4 Å². The molecule has 1 heterocycles. The predicted octanol–water partition coefficient (Wildman–Crippen LogP) is 2.22. The lowest BCUT2D eigenvalue weighted by molar-refractivity contribution is -0.139. The predicted molar refractivity (Wildman–Crippen MR) is 55.8 cm³/mol. The maximum absolute atomic E-state index is 13.7. The molecule has 0 aliphatic heterocycles. The Balaban J connectivity index is 2.59. The smallest absolute Gasteiger partial charge is 0.368 e. The second kappa shape index (κ2) is 3.97. The van der Waals surface area contributed by atoms with Crippen molar-refractivity contribution in [1.29, 1.82) is 0 Å². The molecule has 0 saturated carbocycles. The Morgan fingerprint density at radius 3 is 2.44 bits per heavy atom. The molecule has 0 aliphatic carbocycles. The topological polar surface area (TPSA) is 56.7 Å². The summed E-state index contributed by atoms with van der Waals surface area (Å²) < 4.78 is 52.4. The van der Waals surface area contributed by atoms with Gasteiger partial charge in [0.25, 0.3) is 0 Å². The lowest BCUT2D eigenvalue weighted by Gasteiger charge is -2.09. The van der Waals surface area contributed by atoms with Gasteiger partial charge < -0.3 is 5.73 Å². The van der Waals surface area contributed by atoms with Crippen LogP contribution < -0.4 is 5.73 Å². The summed E-state index contributed by atoms with van der Waals surface area (Å²) in [6, 6.07) is 2.91. The van der Waals surface area contributed by atoms with E-state index in [0.29, 0.717) is 6.07 Å². The molecular weight excluding hydrogens is 252 g/mol. The number of hydrogen-bond acceptors (Lipinski definition) is 3. The van der Waals surface area contributed by atoms with Crippen molar-refractivity contribution in [3.63, 3.8) is 0 Å². The number of anilines is 1. The van der Waals surface area contributed by atoms with Crippen LogP contribution in [0.4, 0.5) is 23.5 Å². The highest BCUT2D eigenvalue weighted by atomic mass is 19.4. The van der Waals surface area contributed by atoms with Crippen LogP contribution >= 0.6 is 0 Å². The number of aromatic nitrogens is 3. The van der Waals surface area contributed by atoms with E-state index in [2.05, 4.69) is 10.1 Å². The average Bonchev–Trinajstić information content (AvgIpc) is 2.57. The van der Waals surface area contributed by atoms with E-state index in [0.717, 1.165) is 10.7 Å². The van der Waals surface area contributed by atoms with Gasteiger partial charge in [0.2, 0.25) is 5.95 Å². The summed E-state index contributed by atoms with van der Waals surface area (Å²) in [6.45, 7) is 0. The molecule has 0 atom stereocenters. The van der Waals surface area contributed by atoms with Gasteiger partial charge in [-0.05, 0) is 12.1 Å². The zero-order valence-corrected chi connectivity index (χ0v) is 9.16. The monoisotopic (exact) mass is 260 g/mol. The maximum atomic E-state index is 13.7. The Hall–Kier alpha value is -2.12. The molecule has 1 aromatic heterocycles. The molecule has 0 amide bonds. The number of halogens is 4. The molecular formula is C10H8F4N4. The molecule has 2 N–H and O–H groups in total. The minimum atomic E-state index is -4.76. The van der Waals surface area contributed by atoms with Crippen LogP contribution in [0.15, 0.2) is 18.2 Å². The van der Waals surface area contributed by atoms with E-state index in [-0.39, 0.29) is 17.3 Å². The quantitative estimate of drug-likeness (QED) is 0.800. The number of benzene rings is 1. The van der Waals surface area contributed by atoms with Crippen LogP contribution in [0.5, 0.6) is 0 Å². The van der Waals surface area contributed by atoms with Crippen molar-refractivity contribution in [2.75, 3.05) is 5.73 Å². The average molecular weight is 260 g/mol. The van der Waals surface area contributed by atoms with E-state index in [1.54, 1.807) is 0 Å². The van der Waals surface area contributed by atoms with Crippen molar-refractivity contribution < 1.29 is 17.6 Å². The molecule has 2 rings (SSSR count). The van der Waals surface area contributed by atoms with E-state index in [1.165, 1.54) is 13.1 Å². The van der Waals surface area contributed by atoms with Gasteiger partial charge in [0.05, 0.1) is 11.1 Å². The number of nitrogen functional groups attached to an aromatic ring is 1. The van der Waals surface area contributed by atoms with Crippen molar-refractivity contribution in [2.45, 2.75) is 6.18 Å². The minimum absolute atomic E-state index is 0.0122. The fourth-order valence-electron chi connectivity index (χ4n) is 1.43. The number of nitrogens with zero attached hydrogens (tertiary/aromatic N) is 3. The maximum Gasteiger partial charge on any atom is 0.419 e. The second-order valence-electron chi connectivity index (χ2n) is 3.58. The van der Waals surface area contributed by atoms with E-state index in [9.17, 15) is 17.6 Å². The van der Waals surface area contributed by atoms with Crippen LogP contribution in [0, 0.1) is 5.82 Å². The van der Waals surface area contributed by atoms with Crippen LogP contribution in [-0.2, 0) is 13.2 Å². The Morgan fingerprint density at radius 1 is 1.28 bits per heavy atom. The number of nitrogens with two attached hydrogens (primary N) is 1. The number of rotatable bonds is 1. The number of aryl methyl sites for hydroxylation is 1. The van der Waals surface area contributed by atoms with Gasteiger partial charge in [-0.1, -0.05) is 6.07 Å². The van der Waals surface area contributed by atoms with Crippen molar-refractivity contribution in [2.24, 2.45) is 7.05 Å². The summed E-state index contributed by atoms with van der Waals surface area (Å²) in [5, 5.41) is 3.74. The van der Waals surface area contributed by atoms with Gasteiger partial charge in [-0.25, -0.2) is 9.07 Å². The Morgan fingerprint density at radius 2 is 1.94 bits per heavy atom. The zero-order chi connectivity index (χ0) is 13.5. The van der Waals surface area contributed by atoms with E-state index < -0.39 is 17.6 Å². The van der Waals surface area contributed by atoms with Crippen LogP contribution in [0.1, 0.15) is 5.56 Å². The van der Waals surface area contributed by atoms with Crippen LogP contribution in [0.3, 0.4) is 0 Å². The minimum Gasteiger partial charge on any atom is -0.368 e. The van der Waals surface area contributed by atoms with Crippen molar-refractivity contribution in [3.05, 3.63) is 29.6 Å². The molecule has 0 fully saturated rings. The largest absolute Gasteiger partial charge is 0.419 e. The summed E-state index contributed by atoms with van der Waals surface area (Å²) in [6.07, 6.45) is -4.76. The fourth-order valence-corrected chi connectivity index (χ4v) is 1.43. The van der Waals surface area contributed by atoms with Gasteiger partial charge >= 0.3 is 6.18 Å². The number of alkyl halides is 3. The normalized spacial score (nSPS) is 11.8. The molecule has 0 radical (unpaired) electrons. The molecule has 0 aliphatic rings. The highest BCUT2D eigenvalue weighted by molar-refractivity contribution is 5.58. The summed E-state index contributed by atoms with van der Waals surface area (Å²) in [7, 11) is 1.46. The van der Waals surface area contributed by atoms with Gasteiger partial charge in [0.1, 0.15) is 5.82 Å². The first-order chi connectivity index (χ1) is 8.30. The lowest BCUT2D eigenvalue weighted by Crippen LogP contribution is -2.09. The van der Waals surface area contributed by atoms with Gasteiger partial charge in [-0.15, -0.1) is 5.10 Å². The molecule has 2 aromatic rings.